The Morgan fingerprint density at radius 3 is 2.33 bits per heavy atom. The van der Waals surface area contributed by atoms with Gasteiger partial charge in [0.1, 0.15) is 0 Å². The van der Waals surface area contributed by atoms with Crippen LogP contribution in [0.2, 0.25) is 0 Å². The smallest absolute Gasteiger partial charge is 0.161 e. The third kappa shape index (κ3) is 3.98. The summed E-state index contributed by atoms with van der Waals surface area (Å²) in [5, 5.41) is 9.54. The standard InChI is InChI=1S/C3H4OS2/c4-3(6)1-2-5/h2H,1H2,(H,4,6). The van der Waals surface area contributed by atoms with Crippen LogP contribution >= 0.6 is 24.4 Å². The topological polar surface area (TPSA) is 20.2 Å². The Morgan fingerprint density at radius 2 is 2.33 bits per heavy atom. The maximum absolute atomic E-state index is 8.19. The van der Waals surface area contributed by atoms with E-state index in [0.717, 1.165) is 0 Å². The Balaban J connectivity index is 3.05. The van der Waals surface area contributed by atoms with Gasteiger partial charge in [-0.05, 0) is 17.6 Å². The van der Waals surface area contributed by atoms with Crippen molar-refractivity contribution in [3.63, 3.8) is 0 Å². The van der Waals surface area contributed by atoms with E-state index >= 15 is 0 Å². The maximum Gasteiger partial charge on any atom is 0.161 e. The van der Waals surface area contributed by atoms with E-state index in [1.165, 1.54) is 5.37 Å². The number of rotatable bonds is 2. The second-order valence-corrected chi connectivity index (χ2v) is 1.57. The van der Waals surface area contributed by atoms with Crippen molar-refractivity contribution in [2.45, 2.75) is 6.42 Å². The first kappa shape index (κ1) is 5.98. The van der Waals surface area contributed by atoms with Crippen LogP contribution in [0.3, 0.4) is 0 Å². The second kappa shape index (κ2) is 3.18. The third-order valence-electron chi connectivity index (χ3n) is 0.258. The number of thiocarbonyl (C=S) groups is 2. The zero-order chi connectivity index (χ0) is 4.99. The molecule has 0 amide bonds. The zero-order valence-corrected chi connectivity index (χ0v) is 4.68. The molecule has 3 heteroatoms. The normalized spacial score (nSPS) is 7.33. The van der Waals surface area contributed by atoms with E-state index in [0.29, 0.717) is 6.42 Å². The quantitative estimate of drug-likeness (QED) is 0.554. The maximum atomic E-state index is 8.19. The van der Waals surface area contributed by atoms with Crippen LogP contribution in [0.1, 0.15) is 6.42 Å². The first-order chi connectivity index (χ1) is 2.77. The molecule has 0 rings (SSSR count). The Labute approximate surface area is 47.0 Å². The molecule has 0 aromatic heterocycles. The lowest BCUT2D eigenvalue weighted by Gasteiger charge is -1.78. The fourth-order valence-electron chi connectivity index (χ4n) is 0.0713. The molecule has 34 valence electrons. The number of aliphatic hydroxyl groups is 1. The molecule has 1 nitrogen and oxygen atoms in total. The lowest BCUT2D eigenvalue weighted by Crippen LogP contribution is -1.87. The molecule has 0 aliphatic rings. The summed E-state index contributed by atoms with van der Waals surface area (Å²) in [6, 6.07) is 0. The number of aliphatic hydroxyl groups excluding tert-OH is 1. The number of hydrogen-bond donors (Lipinski definition) is 1. The van der Waals surface area contributed by atoms with Gasteiger partial charge in [-0.2, -0.15) is 0 Å². The van der Waals surface area contributed by atoms with Crippen LogP contribution in [0.5, 0.6) is 0 Å². The first-order valence-electron chi connectivity index (χ1n) is 1.43. The molecule has 0 saturated carbocycles. The molecule has 1 N–H and O–H groups in total. The van der Waals surface area contributed by atoms with Gasteiger partial charge in [-0.1, -0.05) is 12.2 Å². The molecule has 0 saturated heterocycles. The largest absolute Gasteiger partial charge is 0.502 e. The van der Waals surface area contributed by atoms with E-state index < -0.39 is 0 Å². The molecule has 0 spiro atoms. The second-order valence-electron chi connectivity index (χ2n) is 0.765. The summed E-state index contributed by atoms with van der Waals surface area (Å²) in [4.78, 5) is 0. The summed E-state index contributed by atoms with van der Waals surface area (Å²) < 4.78 is 0. The molecule has 0 aliphatic heterocycles. The van der Waals surface area contributed by atoms with Gasteiger partial charge in [0.2, 0.25) is 0 Å². The van der Waals surface area contributed by atoms with Gasteiger partial charge in [0.05, 0.1) is 0 Å². The van der Waals surface area contributed by atoms with Crippen LogP contribution in [0, 0.1) is 0 Å². The predicted octanol–water partition coefficient (Wildman–Crippen LogP) is 1.26. The molecule has 0 aromatic carbocycles. The van der Waals surface area contributed by atoms with Crippen molar-refractivity contribution < 1.29 is 5.11 Å². The summed E-state index contributed by atoms with van der Waals surface area (Å²) in [6.07, 6.45) is 0.352. The highest BCUT2D eigenvalue weighted by Gasteiger charge is 1.79. The lowest BCUT2D eigenvalue weighted by atomic mass is 10.5. The molecular formula is C3H4OS2. The predicted molar refractivity (Wildman–Crippen MR) is 33.5 cm³/mol. The molecule has 0 heterocycles. The molecule has 0 atom stereocenters. The summed E-state index contributed by atoms with van der Waals surface area (Å²) in [7, 11) is 0. The highest BCUT2D eigenvalue weighted by molar-refractivity contribution is 7.81. The average molecular weight is 120 g/mol. The molecule has 0 aliphatic carbocycles. The number of hydrogen-bond acceptors (Lipinski definition) is 2. The van der Waals surface area contributed by atoms with Gasteiger partial charge in [-0.25, -0.2) is 0 Å². The average Bonchev–Trinajstić information content (AvgIpc) is 1.35. The van der Waals surface area contributed by atoms with Crippen molar-refractivity contribution in [1.29, 1.82) is 0 Å². The van der Waals surface area contributed by atoms with Crippen LogP contribution in [-0.2, 0) is 0 Å². The van der Waals surface area contributed by atoms with E-state index in [4.69, 9.17) is 5.11 Å². The van der Waals surface area contributed by atoms with Gasteiger partial charge in [-0.15, -0.1) is 0 Å². The van der Waals surface area contributed by atoms with Crippen molar-refractivity contribution in [3.8, 4) is 0 Å². The minimum atomic E-state index is -0.0370. The van der Waals surface area contributed by atoms with Crippen LogP contribution in [-0.4, -0.2) is 15.5 Å². The van der Waals surface area contributed by atoms with Gasteiger partial charge in [-0.3, -0.25) is 0 Å². The Hall–Kier alpha value is -0.0200. The van der Waals surface area contributed by atoms with Gasteiger partial charge >= 0.3 is 0 Å². The van der Waals surface area contributed by atoms with E-state index in [-0.39, 0.29) is 5.05 Å². The van der Waals surface area contributed by atoms with Crippen LogP contribution in [0.25, 0.3) is 0 Å². The van der Waals surface area contributed by atoms with Crippen molar-refractivity contribution in [1.82, 2.24) is 0 Å². The summed E-state index contributed by atoms with van der Waals surface area (Å²) in [6.45, 7) is 0. The molecule has 0 bridgehead atoms. The first-order valence-corrected chi connectivity index (χ1v) is 2.30. The fraction of sp³-hybridized carbons (Fsp3) is 0.333. The van der Waals surface area contributed by atoms with E-state index in [9.17, 15) is 0 Å². The molecule has 0 aromatic rings. The SMILES string of the molecule is OC(=S)CC=S. The minimum Gasteiger partial charge on any atom is -0.502 e. The molecule has 0 radical (unpaired) electrons. The highest BCUT2D eigenvalue weighted by atomic mass is 32.1. The van der Waals surface area contributed by atoms with Crippen LogP contribution in [0.4, 0.5) is 0 Å². The molecule has 0 fully saturated rings. The lowest BCUT2D eigenvalue weighted by molar-refractivity contribution is 0.560. The Morgan fingerprint density at radius 1 is 1.83 bits per heavy atom. The zero-order valence-electron chi connectivity index (χ0n) is 3.05. The molecule has 0 unspecified atom stereocenters. The van der Waals surface area contributed by atoms with Crippen LogP contribution in [0.15, 0.2) is 0 Å². The fourth-order valence-corrected chi connectivity index (χ4v) is 0.418. The highest BCUT2D eigenvalue weighted by Crippen LogP contribution is 1.74. The minimum absolute atomic E-state index is 0.0370. The van der Waals surface area contributed by atoms with Crippen molar-refractivity contribution in [2.24, 2.45) is 0 Å². The van der Waals surface area contributed by atoms with E-state index in [1.807, 2.05) is 0 Å². The summed E-state index contributed by atoms with van der Waals surface area (Å²) in [5.74, 6) is 0. The summed E-state index contributed by atoms with van der Waals surface area (Å²) in [5.41, 5.74) is 0. The van der Waals surface area contributed by atoms with Crippen molar-refractivity contribution in [3.05, 3.63) is 0 Å². The van der Waals surface area contributed by atoms with Gasteiger partial charge < -0.3 is 5.11 Å². The monoisotopic (exact) mass is 120 g/mol. The van der Waals surface area contributed by atoms with Crippen LogP contribution < -0.4 is 0 Å². The van der Waals surface area contributed by atoms with Gasteiger partial charge in [0, 0.05) is 6.42 Å². The Kier molecular flexibility index (Phi) is 3.17. The third-order valence-corrected chi connectivity index (χ3v) is 0.591. The van der Waals surface area contributed by atoms with Gasteiger partial charge in [0.25, 0.3) is 0 Å². The van der Waals surface area contributed by atoms with Gasteiger partial charge in [0.15, 0.2) is 5.05 Å². The molecular weight excluding hydrogens is 116 g/mol. The van der Waals surface area contributed by atoms with Crippen molar-refractivity contribution >= 4 is 34.9 Å². The molecule has 6 heavy (non-hydrogen) atoms. The van der Waals surface area contributed by atoms with E-state index in [2.05, 4.69) is 24.4 Å². The summed E-state index contributed by atoms with van der Waals surface area (Å²) >= 11 is 8.61. The van der Waals surface area contributed by atoms with E-state index in [1.54, 1.807) is 0 Å². The Bertz CT molecular complexity index is 69.2. The van der Waals surface area contributed by atoms with Crippen molar-refractivity contribution in [2.75, 3.05) is 0 Å².